The Hall–Kier alpha value is -1.74. The molecule has 0 saturated carbocycles. The normalized spacial score (nSPS) is 12.0. The lowest BCUT2D eigenvalue weighted by atomic mass is 10.1. The van der Waals surface area contributed by atoms with Gasteiger partial charge in [0.1, 0.15) is 0 Å². The van der Waals surface area contributed by atoms with E-state index in [9.17, 15) is 4.79 Å². The fourth-order valence-electron chi connectivity index (χ4n) is 2.21. The van der Waals surface area contributed by atoms with E-state index >= 15 is 0 Å². The van der Waals surface area contributed by atoms with Gasteiger partial charge in [0.05, 0.1) is 5.75 Å². The van der Waals surface area contributed by atoms with Crippen molar-refractivity contribution in [1.29, 1.82) is 0 Å². The van der Waals surface area contributed by atoms with E-state index in [0.717, 1.165) is 16.8 Å². The van der Waals surface area contributed by atoms with E-state index in [1.54, 1.807) is 11.8 Å². The standard InChI is InChI=1S/C18H21NOS/c1-13-8-7-9-14(2)18(13)19-17(20)12-21-15(3)16-10-5-4-6-11-16/h4-11,15H,12H2,1-3H3,(H,19,20). The van der Waals surface area contributed by atoms with Crippen LogP contribution in [0.2, 0.25) is 0 Å². The van der Waals surface area contributed by atoms with Gasteiger partial charge in [-0.2, -0.15) is 0 Å². The van der Waals surface area contributed by atoms with Crippen LogP contribution in [-0.2, 0) is 4.79 Å². The summed E-state index contributed by atoms with van der Waals surface area (Å²) in [6.45, 7) is 6.16. The highest BCUT2D eigenvalue weighted by molar-refractivity contribution is 8.00. The lowest BCUT2D eigenvalue weighted by Gasteiger charge is -2.14. The van der Waals surface area contributed by atoms with Gasteiger partial charge in [0.2, 0.25) is 5.91 Å². The molecule has 1 N–H and O–H groups in total. The Bertz CT molecular complexity index is 590. The number of rotatable bonds is 5. The molecule has 3 heteroatoms. The maximum absolute atomic E-state index is 12.1. The molecule has 0 saturated heterocycles. The molecule has 21 heavy (non-hydrogen) atoms. The molecule has 0 fully saturated rings. The molecule has 110 valence electrons. The van der Waals surface area contributed by atoms with Gasteiger partial charge in [0.15, 0.2) is 0 Å². The highest BCUT2D eigenvalue weighted by Crippen LogP contribution is 2.28. The Balaban J connectivity index is 1.91. The highest BCUT2D eigenvalue weighted by atomic mass is 32.2. The zero-order valence-electron chi connectivity index (χ0n) is 12.7. The molecule has 0 aliphatic heterocycles. The minimum atomic E-state index is 0.0557. The average Bonchev–Trinajstić information content (AvgIpc) is 2.49. The van der Waals surface area contributed by atoms with E-state index in [2.05, 4.69) is 24.4 Å². The summed E-state index contributed by atoms with van der Waals surface area (Å²) in [6.07, 6.45) is 0. The molecule has 1 amide bonds. The predicted molar refractivity (Wildman–Crippen MR) is 91.9 cm³/mol. The summed E-state index contributed by atoms with van der Waals surface area (Å²) in [5, 5.41) is 3.34. The fourth-order valence-corrected chi connectivity index (χ4v) is 3.03. The van der Waals surface area contributed by atoms with Gasteiger partial charge in [0, 0.05) is 10.9 Å². The Labute approximate surface area is 131 Å². The summed E-state index contributed by atoms with van der Waals surface area (Å²) < 4.78 is 0. The van der Waals surface area contributed by atoms with Crippen molar-refractivity contribution >= 4 is 23.4 Å². The number of benzene rings is 2. The number of carbonyl (C=O) groups excluding carboxylic acids is 1. The lowest BCUT2D eigenvalue weighted by molar-refractivity contribution is -0.113. The van der Waals surface area contributed by atoms with Crippen LogP contribution in [0.1, 0.15) is 28.9 Å². The van der Waals surface area contributed by atoms with Crippen molar-refractivity contribution in [2.75, 3.05) is 11.1 Å². The highest BCUT2D eigenvalue weighted by Gasteiger charge is 2.11. The second kappa shape index (κ2) is 7.32. The molecular weight excluding hydrogens is 278 g/mol. The summed E-state index contributed by atoms with van der Waals surface area (Å²) in [5.41, 5.74) is 4.40. The summed E-state index contributed by atoms with van der Waals surface area (Å²) >= 11 is 1.66. The quantitative estimate of drug-likeness (QED) is 0.864. The van der Waals surface area contributed by atoms with Gasteiger partial charge in [0.25, 0.3) is 0 Å². The van der Waals surface area contributed by atoms with Crippen LogP contribution in [0.4, 0.5) is 5.69 Å². The van der Waals surface area contributed by atoms with Crippen LogP contribution in [0.3, 0.4) is 0 Å². The molecule has 0 heterocycles. The van der Waals surface area contributed by atoms with Crippen molar-refractivity contribution in [3.63, 3.8) is 0 Å². The summed E-state index contributed by atoms with van der Waals surface area (Å²) in [5.74, 6) is 0.518. The molecule has 0 bridgehead atoms. The van der Waals surface area contributed by atoms with E-state index in [-0.39, 0.29) is 5.91 Å². The third-order valence-corrected chi connectivity index (χ3v) is 4.68. The van der Waals surface area contributed by atoms with Crippen molar-refractivity contribution in [1.82, 2.24) is 0 Å². The van der Waals surface area contributed by atoms with Gasteiger partial charge in [-0.15, -0.1) is 11.8 Å². The largest absolute Gasteiger partial charge is 0.325 e. The van der Waals surface area contributed by atoms with E-state index in [1.807, 2.05) is 50.2 Å². The number of para-hydroxylation sites is 1. The SMILES string of the molecule is Cc1cccc(C)c1NC(=O)CSC(C)c1ccccc1. The van der Waals surface area contributed by atoms with Crippen LogP contribution in [0.15, 0.2) is 48.5 Å². The van der Waals surface area contributed by atoms with E-state index in [1.165, 1.54) is 5.56 Å². The fraction of sp³-hybridized carbons (Fsp3) is 0.278. The predicted octanol–water partition coefficient (Wildman–Crippen LogP) is 4.74. The van der Waals surface area contributed by atoms with Gasteiger partial charge < -0.3 is 5.32 Å². The molecule has 1 atom stereocenters. The Morgan fingerprint density at radius 1 is 1.05 bits per heavy atom. The van der Waals surface area contributed by atoms with Crippen LogP contribution in [0.5, 0.6) is 0 Å². The lowest BCUT2D eigenvalue weighted by Crippen LogP contribution is -2.16. The smallest absolute Gasteiger partial charge is 0.234 e. The first-order valence-electron chi connectivity index (χ1n) is 7.10. The van der Waals surface area contributed by atoms with Crippen LogP contribution in [0.25, 0.3) is 0 Å². The summed E-state index contributed by atoms with van der Waals surface area (Å²) in [7, 11) is 0. The average molecular weight is 299 g/mol. The Kier molecular flexibility index (Phi) is 5.45. The van der Waals surface area contributed by atoms with E-state index in [4.69, 9.17) is 0 Å². The zero-order chi connectivity index (χ0) is 15.2. The first-order chi connectivity index (χ1) is 10.1. The number of carbonyl (C=O) groups is 1. The number of amides is 1. The maximum Gasteiger partial charge on any atom is 0.234 e. The minimum absolute atomic E-state index is 0.0557. The van der Waals surface area contributed by atoms with Gasteiger partial charge in [-0.3, -0.25) is 4.79 Å². The van der Waals surface area contributed by atoms with Crippen molar-refractivity contribution in [3.8, 4) is 0 Å². The van der Waals surface area contributed by atoms with Crippen molar-refractivity contribution in [2.45, 2.75) is 26.0 Å². The maximum atomic E-state index is 12.1. The minimum Gasteiger partial charge on any atom is -0.325 e. The van der Waals surface area contributed by atoms with Crippen LogP contribution in [-0.4, -0.2) is 11.7 Å². The van der Waals surface area contributed by atoms with Crippen molar-refractivity contribution in [2.24, 2.45) is 0 Å². The number of anilines is 1. The Morgan fingerprint density at radius 2 is 1.67 bits per heavy atom. The summed E-state index contributed by atoms with van der Waals surface area (Å²) in [6, 6.07) is 16.3. The second-order valence-corrected chi connectivity index (χ2v) is 6.51. The van der Waals surface area contributed by atoms with Crippen molar-refractivity contribution in [3.05, 3.63) is 65.2 Å². The van der Waals surface area contributed by atoms with Crippen molar-refractivity contribution < 1.29 is 4.79 Å². The van der Waals surface area contributed by atoms with Gasteiger partial charge in [-0.1, -0.05) is 48.5 Å². The number of nitrogens with one attached hydrogen (secondary N) is 1. The molecular formula is C18H21NOS. The van der Waals surface area contributed by atoms with Crippen LogP contribution < -0.4 is 5.32 Å². The number of hydrogen-bond donors (Lipinski definition) is 1. The topological polar surface area (TPSA) is 29.1 Å². The third-order valence-electron chi connectivity index (χ3n) is 3.48. The molecule has 2 aromatic rings. The number of hydrogen-bond acceptors (Lipinski definition) is 2. The van der Waals surface area contributed by atoms with Gasteiger partial charge in [-0.25, -0.2) is 0 Å². The first-order valence-corrected chi connectivity index (χ1v) is 8.15. The molecule has 2 nitrogen and oxygen atoms in total. The molecule has 0 radical (unpaired) electrons. The monoisotopic (exact) mass is 299 g/mol. The molecule has 2 rings (SSSR count). The zero-order valence-corrected chi connectivity index (χ0v) is 13.5. The molecule has 1 unspecified atom stereocenters. The molecule has 0 spiro atoms. The summed E-state index contributed by atoms with van der Waals surface area (Å²) in [4.78, 5) is 12.1. The molecule has 0 aliphatic rings. The number of aryl methyl sites for hydroxylation is 2. The molecule has 0 aliphatic carbocycles. The number of thioether (sulfide) groups is 1. The third kappa shape index (κ3) is 4.36. The second-order valence-electron chi connectivity index (χ2n) is 5.18. The van der Waals surface area contributed by atoms with Crippen LogP contribution >= 0.6 is 11.8 Å². The van der Waals surface area contributed by atoms with E-state index < -0.39 is 0 Å². The van der Waals surface area contributed by atoms with Gasteiger partial charge in [-0.05, 0) is 37.5 Å². The van der Waals surface area contributed by atoms with Gasteiger partial charge >= 0.3 is 0 Å². The first kappa shape index (κ1) is 15.6. The molecule has 0 aromatic heterocycles. The van der Waals surface area contributed by atoms with Crippen LogP contribution in [0, 0.1) is 13.8 Å². The Morgan fingerprint density at radius 3 is 2.29 bits per heavy atom. The molecule has 2 aromatic carbocycles. The van der Waals surface area contributed by atoms with E-state index in [0.29, 0.717) is 11.0 Å².